The van der Waals surface area contributed by atoms with Crippen LogP contribution in [0.5, 0.6) is 0 Å². The molecule has 4 heteroatoms. The van der Waals surface area contributed by atoms with E-state index in [-0.39, 0.29) is 6.10 Å². The average molecular weight is 216 g/mol. The lowest BCUT2D eigenvalue weighted by atomic mass is 10.2. The summed E-state index contributed by atoms with van der Waals surface area (Å²) in [6.45, 7) is 3.44. The Balaban J connectivity index is 2.01. The van der Waals surface area contributed by atoms with Gasteiger partial charge in [-0.05, 0) is 19.3 Å². The van der Waals surface area contributed by atoms with E-state index in [4.69, 9.17) is 14.6 Å². The molecule has 1 aliphatic rings. The third-order valence-electron chi connectivity index (χ3n) is 2.58. The second kappa shape index (κ2) is 6.80. The number of ether oxygens (including phenoxy) is 2. The molecule has 1 saturated heterocycles. The largest absolute Gasteiger partial charge is 0.479 e. The smallest absolute Gasteiger partial charge is 0.332 e. The quantitative estimate of drug-likeness (QED) is 0.659. The van der Waals surface area contributed by atoms with E-state index in [1.165, 1.54) is 12.8 Å². The number of carboxylic acid groups (broad SMARTS) is 1. The molecule has 0 aromatic heterocycles. The van der Waals surface area contributed by atoms with Gasteiger partial charge in [-0.15, -0.1) is 0 Å². The lowest BCUT2D eigenvalue weighted by Gasteiger charge is -2.11. The Morgan fingerprint density at radius 3 is 2.87 bits per heavy atom. The standard InChI is InChI=1S/C11H20O4/c1-2-3-4-7-14-8-9-5-6-10(15-9)11(12)13/h9-10H,2-8H2,1H3,(H,12,13). The molecular formula is C11H20O4. The molecule has 1 fully saturated rings. The van der Waals surface area contributed by atoms with Gasteiger partial charge in [0, 0.05) is 6.61 Å². The average Bonchev–Trinajstić information content (AvgIpc) is 2.66. The second-order valence-electron chi connectivity index (χ2n) is 3.94. The number of hydrogen-bond acceptors (Lipinski definition) is 3. The molecule has 2 unspecified atom stereocenters. The lowest BCUT2D eigenvalue weighted by Crippen LogP contribution is -2.22. The van der Waals surface area contributed by atoms with E-state index in [9.17, 15) is 4.79 Å². The first-order chi connectivity index (χ1) is 7.24. The Morgan fingerprint density at radius 2 is 2.27 bits per heavy atom. The third kappa shape index (κ3) is 4.62. The van der Waals surface area contributed by atoms with Gasteiger partial charge < -0.3 is 14.6 Å². The third-order valence-corrected chi connectivity index (χ3v) is 2.58. The van der Waals surface area contributed by atoms with Gasteiger partial charge in [0.1, 0.15) is 0 Å². The first-order valence-corrected chi connectivity index (χ1v) is 5.70. The van der Waals surface area contributed by atoms with E-state index in [0.717, 1.165) is 19.4 Å². The molecule has 4 nitrogen and oxygen atoms in total. The fraction of sp³-hybridized carbons (Fsp3) is 0.909. The van der Waals surface area contributed by atoms with Crippen molar-refractivity contribution in [3.63, 3.8) is 0 Å². The van der Waals surface area contributed by atoms with Crippen LogP contribution in [0.1, 0.15) is 39.0 Å². The highest BCUT2D eigenvalue weighted by molar-refractivity contribution is 5.72. The zero-order chi connectivity index (χ0) is 11.1. The highest BCUT2D eigenvalue weighted by atomic mass is 16.6. The van der Waals surface area contributed by atoms with Gasteiger partial charge >= 0.3 is 5.97 Å². The van der Waals surface area contributed by atoms with E-state index < -0.39 is 12.1 Å². The minimum absolute atomic E-state index is 0.0206. The highest BCUT2D eigenvalue weighted by Crippen LogP contribution is 2.20. The number of aliphatic carboxylic acids is 1. The monoisotopic (exact) mass is 216 g/mol. The van der Waals surface area contributed by atoms with Gasteiger partial charge in [-0.2, -0.15) is 0 Å². The van der Waals surface area contributed by atoms with E-state index in [1.54, 1.807) is 0 Å². The molecule has 1 heterocycles. The Hall–Kier alpha value is -0.610. The van der Waals surface area contributed by atoms with Crippen LogP contribution >= 0.6 is 0 Å². The van der Waals surface area contributed by atoms with Crippen molar-refractivity contribution in [3.8, 4) is 0 Å². The summed E-state index contributed by atoms with van der Waals surface area (Å²) in [6.07, 6.45) is 4.21. The van der Waals surface area contributed by atoms with E-state index in [1.807, 2.05) is 0 Å². The molecule has 0 aromatic rings. The van der Waals surface area contributed by atoms with Crippen LogP contribution < -0.4 is 0 Å². The van der Waals surface area contributed by atoms with Crippen LogP contribution in [0.2, 0.25) is 0 Å². The van der Waals surface area contributed by atoms with Crippen LogP contribution in [0, 0.1) is 0 Å². The predicted octanol–water partition coefficient (Wildman–Crippen LogP) is 1.83. The van der Waals surface area contributed by atoms with Crippen molar-refractivity contribution in [3.05, 3.63) is 0 Å². The van der Waals surface area contributed by atoms with Crippen LogP contribution in [-0.4, -0.2) is 36.5 Å². The highest BCUT2D eigenvalue weighted by Gasteiger charge is 2.30. The Kier molecular flexibility index (Phi) is 5.65. The van der Waals surface area contributed by atoms with Gasteiger partial charge in [0.05, 0.1) is 12.7 Å². The van der Waals surface area contributed by atoms with Crippen LogP contribution in [0.25, 0.3) is 0 Å². The van der Waals surface area contributed by atoms with Crippen molar-refractivity contribution in [2.45, 2.75) is 51.2 Å². The summed E-state index contributed by atoms with van der Waals surface area (Å²) < 4.78 is 10.7. The molecule has 1 rings (SSSR count). The first kappa shape index (κ1) is 12.5. The summed E-state index contributed by atoms with van der Waals surface area (Å²) in [6, 6.07) is 0. The number of carbonyl (C=O) groups is 1. The minimum atomic E-state index is -0.858. The van der Waals surface area contributed by atoms with Crippen molar-refractivity contribution in [2.24, 2.45) is 0 Å². The molecule has 0 amide bonds. The molecule has 0 aromatic carbocycles. The van der Waals surface area contributed by atoms with Crippen molar-refractivity contribution in [1.82, 2.24) is 0 Å². The summed E-state index contributed by atoms with van der Waals surface area (Å²) in [5.74, 6) is -0.858. The summed E-state index contributed by atoms with van der Waals surface area (Å²) in [5, 5.41) is 8.71. The number of rotatable bonds is 7. The molecule has 2 atom stereocenters. The maximum atomic E-state index is 10.6. The van der Waals surface area contributed by atoms with E-state index in [2.05, 4.69) is 6.92 Å². The number of unbranched alkanes of at least 4 members (excludes halogenated alkanes) is 2. The second-order valence-corrected chi connectivity index (χ2v) is 3.94. The van der Waals surface area contributed by atoms with Crippen LogP contribution in [0.4, 0.5) is 0 Å². The molecule has 0 bridgehead atoms. The maximum Gasteiger partial charge on any atom is 0.332 e. The molecule has 0 saturated carbocycles. The maximum absolute atomic E-state index is 10.6. The fourth-order valence-electron chi connectivity index (χ4n) is 1.68. The molecule has 1 aliphatic heterocycles. The molecule has 0 radical (unpaired) electrons. The van der Waals surface area contributed by atoms with Crippen molar-refractivity contribution in [2.75, 3.05) is 13.2 Å². The molecule has 0 spiro atoms. The van der Waals surface area contributed by atoms with Gasteiger partial charge in [0.25, 0.3) is 0 Å². The molecule has 0 aliphatic carbocycles. The van der Waals surface area contributed by atoms with E-state index in [0.29, 0.717) is 13.0 Å². The first-order valence-electron chi connectivity index (χ1n) is 5.70. The molecule has 15 heavy (non-hydrogen) atoms. The molecular weight excluding hydrogens is 196 g/mol. The van der Waals surface area contributed by atoms with Crippen molar-refractivity contribution < 1.29 is 19.4 Å². The summed E-state index contributed by atoms with van der Waals surface area (Å²) in [5.41, 5.74) is 0. The molecule has 88 valence electrons. The predicted molar refractivity (Wildman–Crippen MR) is 55.9 cm³/mol. The van der Waals surface area contributed by atoms with Crippen LogP contribution in [0.3, 0.4) is 0 Å². The number of hydrogen-bond donors (Lipinski definition) is 1. The lowest BCUT2D eigenvalue weighted by molar-refractivity contribution is -0.150. The van der Waals surface area contributed by atoms with Gasteiger partial charge in [-0.1, -0.05) is 19.8 Å². The van der Waals surface area contributed by atoms with Crippen molar-refractivity contribution >= 4 is 5.97 Å². The van der Waals surface area contributed by atoms with E-state index >= 15 is 0 Å². The van der Waals surface area contributed by atoms with Gasteiger partial charge in [-0.25, -0.2) is 4.79 Å². The summed E-state index contributed by atoms with van der Waals surface area (Å²) >= 11 is 0. The summed E-state index contributed by atoms with van der Waals surface area (Å²) in [4.78, 5) is 10.6. The Bertz CT molecular complexity index is 193. The molecule has 1 N–H and O–H groups in total. The minimum Gasteiger partial charge on any atom is -0.479 e. The SMILES string of the molecule is CCCCCOCC1CCC(C(=O)O)O1. The van der Waals surface area contributed by atoms with Crippen LogP contribution in [-0.2, 0) is 14.3 Å². The zero-order valence-electron chi connectivity index (χ0n) is 9.28. The van der Waals surface area contributed by atoms with Gasteiger partial charge in [0.15, 0.2) is 6.10 Å². The Labute approximate surface area is 90.6 Å². The Morgan fingerprint density at radius 1 is 1.47 bits per heavy atom. The summed E-state index contributed by atoms with van der Waals surface area (Å²) in [7, 11) is 0. The zero-order valence-corrected chi connectivity index (χ0v) is 9.28. The topological polar surface area (TPSA) is 55.8 Å². The van der Waals surface area contributed by atoms with Gasteiger partial charge in [0.2, 0.25) is 0 Å². The number of carboxylic acids is 1. The fourth-order valence-corrected chi connectivity index (χ4v) is 1.68. The van der Waals surface area contributed by atoms with Crippen molar-refractivity contribution in [1.29, 1.82) is 0 Å². The van der Waals surface area contributed by atoms with Crippen LogP contribution in [0.15, 0.2) is 0 Å². The van der Waals surface area contributed by atoms with Gasteiger partial charge in [-0.3, -0.25) is 0 Å². The normalized spacial score (nSPS) is 25.7.